The van der Waals surface area contributed by atoms with Crippen LogP contribution in [0.4, 0.5) is 0 Å². The Balaban J connectivity index is 2.28. The van der Waals surface area contributed by atoms with Gasteiger partial charge in [-0.3, -0.25) is 4.90 Å². The van der Waals surface area contributed by atoms with E-state index in [2.05, 4.69) is 16.3 Å². The predicted molar refractivity (Wildman–Crippen MR) is 55.0 cm³/mol. The van der Waals surface area contributed by atoms with Crippen LogP contribution >= 0.6 is 0 Å². The van der Waals surface area contributed by atoms with Crippen LogP contribution in [0.5, 0.6) is 0 Å². The van der Waals surface area contributed by atoms with Crippen molar-refractivity contribution in [2.24, 2.45) is 0 Å². The van der Waals surface area contributed by atoms with Gasteiger partial charge in [0.1, 0.15) is 5.54 Å². The fourth-order valence-electron chi connectivity index (χ4n) is 1.44. The van der Waals surface area contributed by atoms with Crippen LogP contribution in [-0.2, 0) is 4.74 Å². The quantitative estimate of drug-likeness (QED) is 0.700. The van der Waals surface area contributed by atoms with Gasteiger partial charge in [0.2, 0.25) is 0 Å². The molecular weight excluding hydrogens is 178 g/mol. The molecule has 0 aliphatic carbocycles. The van der Waals surface area contributed by atoms with Crippen LogP contribution in [0.25, 0.3) is 0 Å². The van der Waals surface area contributed by atoms with Crippen molar-refractivity contribution in [1.82, 2.24) is 10.2 Å². The van der Waals surface area contributed by atoms with Gasteiger partial charge in [-0.2, -0.15) is 5.26 Å². The molecule has 1 aliphatic heterocycles. The van der Waals surface area contributed by atoms with Gasteiger partial charge >= 0.3 is 0 Å². The van der Waals surface area contributed by atoms with Crippen LogP contribution in [0.1, 0.15) is 13.3 Å². The summed E-state index contributed by atoms with van der Waals surface area (Å²) in [5.74, 6) is 0. The number of nitriles is 1. The first-order chi connectivity index (χ1) is 6.70. The first-order valence-electron chi connectivity index (χ1n) is 5.10. The van der Waals surface area contributed by atoms with Crippen LogP contribution in [0, 0.1) is 11.3 Å². The minimum atomic E-state index is -0.391. The third-order valence-electron chi connectivity index (χ3n) is 2.83. The van der Waals surface area contributed by atoms with Crippen molar-refractivity contribution in [1.29, 1.82) is 5.26 Å². The van der Waals surface area contributed by atoms with Crippen molar-refractivity contribution in [3.05, 3.63) is 0 Å². The van der Waals surface area contributed by atoms with Crippen molar-refractivity contribution in [3.63, 3.8) is 0 Å². The average molecular weight is 197 g/mol. The molecule has 4 heteroatoms. The predicted octanol–water partition coefficient (Wildman–Crippen LogP) is 0.210. The summed E-state index contributed by atoms with van der Waals surface area (Å²) in [6, 6.07) is 2.30. The molecule has 0 aromatic rings. The molecule has 4 nitrogen and oxygen atoms in total. The molecule has 0 aromatic heterocycles. The Hall–Kier alpha value is -0.630. The van der Waals surface area contributed by atoms with Gasteiger partial charge in [0, 0.05) is 19.6 Å². The van der Waals surface area contributed by atoms with Gasteiger partial charge in [-0.25, -0.2) is 0 Å². The van der Waals surface area contributed by atoms with Crippen LogP contribution < -0.4 is 5.32 Å². The van der Waals surface area contributed by atoms with Crippen LogP contribution in [0.15, 0.2) is 0 Å². The summed E-state index contributed by atoms with van der Waals surface area (Å²) in [6.07, 6.45) is 0.861. The monoisotopic (exact) mass is 197 g/mol. The lowest BCUT2D eigenvalue weighted by Crippen LogP contribution is -2.44. The largest absolute Gasteiger partial charge is 0.379 e. The van der Waals surface area contributed by atoms with E-state index in [1.807, 2.05) is 14.0 Å². The summed E-state index contributed by atoms with van der Waals surface area (Å²) in [6.45, 7) is 6.53. The molecule has 1 N–H and O–H groups in total. The first kappa shape index (κ1) is 11.4. The lowest BCUT2D eigenvalue weighted by molar-refractivity contribution is 0.0353. The Morgan fingerprint density at radius 3 is 2.64 bits per heavy atom. The molecule has 0 amide bonds. The van der Waals surface area contributed by atoms with Crippen molar-refractivity contribution < 1.29 is 4.74 Å². The molecule has 0 bridgehead atoms. The number of nitrogens with one attached hydrogen (secondary N) is 1. The van der Waals surface area contributed by atoms with Crippen LogP contribution in [-0.4, -0.2) is 50.3 Å². The minimum absolute atomic E-state index is 0.391. The zero-order valence-electron chi connectivity index (χ0n) is 9.05. The fourth-order valence-corrected chi connectivity index (χ4v) is 1.44. The Bertz CT molecular complexity index is 208. The summed E-state index contributed by atoms with van der Waals surface area (Å²) < 4.78 is 5.26. The van der Waals surface area contributed by atoms with Crippen molar-refractivity contribution >= 4 is 0 Å². The maximum Gasteiger partial charge on any atom is 0.104 e. The van der Waals surface area contributed by atoms with Crippen molar-refractivity contribution in [2.75, 3.05) is 39.9 Å². The van der Waals surface area contributed by atoms with Crippen molar-refractivity contribution in [3.8, 4) is 6.07 Å². The second-order valence-corrected chi connectivity index (χ2v) is 3.90. The highest BCUT2D eigenvalue weighted by atomic mass is 16.5. The standard InChI is InChI=1S/C10H19N3O/c1-10(9-11,12-2)3-4-13-5-7-14-8-6-13/h12H,3-8H2,1-2H3. The molecule has 0 radical (unpaired) electrons. The molecule has 14 heavy (non-hydrogen) atoms. The van der Waals surface area contributed by atoms with Crippen LogP contribution in [0.3, 0.4) is 0 Å². The summed E-state index contributed by atoms with van der Waals surface area (Å²) >= 11 is 0. The summed E-state index contributed by atoms with van der Waals surface area (Å²) in [5.41, 5.74) is -0.391. The third kappa shape index (κ3) is 3.26. The molecular formula is C10H19N3O. The molecule has 80 valence electrons. The zero-order chi connectivity index (χ0) is 10.4. The summed E-state index contributed by atoms with van der Waals surface area (Å²) in [5, 5.41) is 12.0. The van der Waals surface area contributed by atoms with E-state index in [1.54, 1.807) is 0 Å². The zero-order valence-corrected chi connectivity index (χ0v) is 9.05. The molecule has 1 atom stereocenters. The van der Waals surface area contributed by atoms with Gasteiger partial charge in [0.25, 0.3) is 0 Å². The normalized spacial score (nSPS) is 22.6. The highest BCUT2D eigenvalue weighted by Gasteiger charge is 2.22. The minimum Gasteiger partial charge on any atom is -0.379 e. The summed E-state index contributed by atoms with van der Waals surface area (Å²) in [4.78, 5) is 2.34. The Kier molecular flexibility index (Phi) is 4.33. The number of rotatable bonds is 4. The number of hydrogen-bond acceptors (Lipinski definition) is 4. The van der Waals surface area contributed by atoms with Crippen molar-refractivity contribution in [2.45, 2.75) is 18.9 Å². The molecule has 1 fully saturated rings. The Morgan fingerprint density at radius 2 is 2.14 bits per heavy atom. The van der Waals surface area contributed by atoms with E-state index in [0.717, 1.165) is 39.3 Å². The lowest BCUT2D eigenvalue weighted by Gasteiger charge is -2.29. The van der Waals surface area contributed by atoms with Gasteiger partial charge < -0.3 is 10.1 Å². The smallest absolute Gasteiger partial charge is 0.104 e. The lowest BCUT2D eigenvalue weighted by atomic mass is 10.00. The van der Waals surface area contributed by atoms with E-state index in [0.29, 0.717) is 0 Å². The van der Waals surface area contributed by atoms with Gasteiger partial charge in [-0.15, -0.1) is 0 Å². The van der Waals surface area contributed by atoms with E-state index >= 15 is 0 Å². The molecule has 0 aromatic carbocycles. The second-order valence-electron chi connectivity index (χ2n) is 3.90. The third-order valence-corrected chi connectivity index (χ3v) is 2.83. The summed E-state index contributed by atoms with van der Waals surface area (Å²) in [7, 11) is 1.84. The van der Waals surface area contributed by atoms with E-state index in [9.17, 15) is 0 Å². The van der Waals surface area contributed by atoms with E-state index in [-0.39, 0.29) is 0 Å². The average Bonchev–Trinajstić information content (AvgIpc) is 2.27. The Labute approximate surface area is 85.8 Å². The topological polar surface area (TPSA) is 48.3 Å². The molecule has 0 saturated carbocycles. The van der Waals surface area contributed by atoms with E-state index in [1.165, 1.54) is 0 Å². The number of ether oxygens (including phenoxy) is 1. The highest BCUT2D eigenvalue weighted by molar-refractivity contribution is 5.03. The van der Waals surface area contributed by atoms with Gasteiger partial charge in [0.15, 0.2) is 0 Å². The molecule has 1 heterocycles. The van der Waals surface area contributed by atoms with Gasteiger partial charge in [0.05, 0.1) is 19.3 Å². The Morgan fingerprint density at radius 1 is 1.50 bits per heavy atom. The maximum absolute atomic E-state index is 8.96. The maximum atomic E-state index is 8.96. The molecule has 1 rings (SSSR count). The number of hydrogen-bond donors (Lipinski definition) is 1. The molecule has 1 unspecified atom stereocenters. The molecule has 0 spiro atoms. The number of morpholine rings is 1. The van der Waals surface area contributed by atoms with E-state index in [4.69, 9.17) is 10.00 Å². The second kappa shape index (κ2) is 5.30. The van der Waals surface area contributed by atoms with Crippen LogP contribution in [0.2, 0.25) is 0 Å². The van der Waals surface area contributed by atoms with Gasteiger partial charge in [-0.1, -0.05) is 0 Å². The molecule has 1 aliphatic rings. The SMILES string of the molecule is CNC(C)(C#N)CCN1CCOCC1. The van der Waals surface area contributed by atoms with Gasteiger partial charge in [-0.05, 0) is 20.4 Å². The fraction of sp³-hybridized carbons (Fsp3) is 0.900. The molecule has 1 saturated heterocycles. The van der Waals surface area contributed by atoms with E-state index < -0.39 is 5.54 Å². The number of nitrogens with zero attached hydrogens (tertiary/aromatic N) is 2. The highest BCUT2D eigenvalue weighted by Crippen LogP contribution is 2.09. The first-order valence-corrected chi connectivity index (χ1v) is 5.10.